The zero-order chi connectivity index (χ0) is 14.9. The highest BCUT2D eigenvalue weighted by Gasteiger charge is 2.28. The van der Waals surface area contributed by atoms with Gasteiger partial charge in [-0.2, -0.15) is 4.98 Å². The maximum atomic E-state index is 12.1. The molecule has 22 heavy (non-hydrogen) atoms. The highest BCUT2D eigenvalue weighted by Crippen LogP contribution is 2.28. The monoisotopic (exact) mass is 300 g/mol. The molecule has 2 aromatic rings. The van der Waals surface area contributed by atoms with E-state index in [-0.39, 0.29) is 11.8 Å². The van der Waals surface area contributed by atoms with Crippen molar-refractivity contribution < 1.29 is 9.21 Å². The maximum absolute atomic E-state index is 12.1. The highest BCUT2D eigenvalue weighted by atomic mass is 16.4. The first-order valence-electron chi connectivity index (χ1n) is 8.04. The Labute approximate surface area is 128 Å². The number of carbonyl (C=O) groups excluding carboxylic acids is 1. The molecule has 2 fully saturated rings. The lowest BCUT2D eigenvalue weighted by Crippen LogP contribution is -2.41. The first-order valence-corrected chi connectivity index (χ1v) is 8.04. The van der Waals surface area contributed by atoms with Gasteiger partial charge in [-0.25, -0.2) is 4.98 Å². The number of rotatable bonds is 4. The van der Waals surface area contributed by atoms with Crippen molar-refractivity contribution in [3.63, 3.8) is 0 Å². The van der Waals surface area contributed by atoms with Gasteiger partial charge in [-0.05, 0) is 43.7 Å². The van der Waals surface area contributed by atoms with Gasteiger partial charge in [0.2, 0.25) is 11.6 Å². The number of fused-ring (bicyclic) bond motifs is 1. The van der Waals surface area contributed by atoms with Gasteiger partial charge in [-0.3, -0.25) is 4.79 Å². The van der Waals surface area contributed by atoms with Crippen LogP contribution in [0.15, 0.2) is 22.7 Å². The van der Waals surface area contributed by atoms with E-state index in [1.54, 1.807) is 6.20 Å². The summed E-state index contributed by atoms with van der Waals surface area (Å²) in [5.41, 5.74) is 1.35. The van der Waals surface area contributed by atoms with Gasteiger partial charge in [-0.1, -0.05) is 0 Å². The van der Waals surface area contributed by atoms with Crippen molar-refractivity contribution in [2.75, 3.05) is 24.5 Å². The summed E-state index contributed by atoms with van der Waals surface area (Å²) < 4.78 is 5.74. The van der Waals surface area contributed by atoms with Crippen LogP contribution in [0.4, 0.5) is 6.01 Å². The van der Waals surface area contributed by atoms with Gasteiger partial charge in [-0.15, -0.1) is 0 Å². The first kappa shape index (κ1) is 13.5. The number of anilines is 1. The van der Waals surface area contributed by atoms with Crippen molar-refractivity contribution in [3.05, 3.63) is 18.3 Å². The molecule has 0 aromatic carbocycles. The van der Waals surface area contributed by atoms with Crippen LogP contribution in [0.3, 0.4) is 0 Å². The SMILES string of the molecule is O=C(NCC1CC1)C1CCN(c2nc3ncccc3o2)CC1. The largest absolute Gasteiger partial charge is 0.422 e. The summed E-state index contributed by atoms with van der Waals surface area (Å²) in [6.45, 7) is 2.46. The molecule has 0 bridgehead atoms. The molecule has 3 heterocycles. The van der Waals surface area contributed by atoms with Gasteiger partial charge in [0.05, 0.1) is 0 Å². The molecule has 0 spiro atoms. The second-order valence-electron chi connectivity index (χ2n) is 6.27. The molecule has 1 saturated heterocycles. The number of hydrogen-bond acceptors (Lipinski definition) is 5. The molecule has 4 rings (SSSR count). The summed E-state index contributed by atoms with van der Waals surface area (Å²) >= 11 is 0. The minimum atomic E-state index is 0.123. The van der Waals surface area contributed by atoms with Crippen LogP contribution in [0.1, 0.15) is 25.7 Å². The zero-order valence-electron chi connectivity index (χ0n) is 12.5. The predicted molar refractivity (Wildman–Crippen MR) is 82.5 cm³/mol. The molecule has 1 aliphatic heterocycles. The molecule has 2 aliphatic rings. The molecular weight excluding hydrogens is 280 g/mol. The summed E-state index contributed by atoms with van der Waals surface area (Å²) in [7, 11) is 0. The number of nitrogens with one attached hydrogen (secondary N) is 1. The van der Waals surface area contributed by atoms with Crippen molar-refractivity contribution in [2.24, 2.45) is 11.8 Å². The van der Waals surface area contributed by atoms with Crippen molar-refractivity contribution in [3.8, 4) is 0 Å². The number of aromatic nitrogens is 2. The van der Waals surface area contributed by atoms with Crippen LogP contribution >= 0.6 is 0 Å². The molecule has 6 nitrogen and oxygen atoms in total. The normalized spacial score (nSPS) is 19.5. The number of piperidine rings is 1. The average molecular weight is 300 g/mol. The smallest absolute Gasteiger partial charge is 0.299 e. The van der Waals surface area contributed by atoms with Crippen LogP contribution < -0.4 is 10.2 Å². The number of hydrogen-bond donors (Lipinski definition) is 1. The van der Waals surface area contributed by atoms with E-state index in [1.165, 1.54) is 12.8 Å². The van der Waals surface area contributed by atoms with Crippen LogP contribution in [-0.2, 0) is 4.79 Å². The van der Waals surface area contributed by atoms with E-state index in [0.29, 0.717) is 17.2 Å². The molecule has 1 saturated carbocycles. The average Bonchev–Trinajstić information content (AvgIpc) is 3.29. The Morgan fingerprint density at radius 2 is 2.14 bits per heavy atom. The fourth-order valence-corrected chi connectivity index (χ4v) is 2.94. The van der Waals surface area contributed by atoms with Crippen molar-refractivity contribution in [2.45, 2.75) is 25.7 Å². The van der Waals surface area contributed by atoms with E-state index in [0.717, 1.165) is 38.4 Å². The van der Waals surface area contributed by atoms with E-state index in [1.807, 2.05) is 12.1 Å². The first-order chi connectivity index (χ1) is 10.8. The number of nitrogens with zero attached hydrogens (tertiary/aromatic N) is 3. The summed E-state index contributed by atoms with van der Waals surface area (Å²) in [6.07, 6.45) is 5.95. The second kappa shape index (κ2) is 5.59. The lowest BCUT2D eigenvalue weighted by Gasteiger charge is -2.30. The molecule has 1 aliphatic carbocycles. The lowest BCUT2D eigenvalue weighted by molar-refractivity contribution is -0.125. The van der Waals surface area contributed by atoms with E-state index in [2.05, 4.69) is 20.2 Å². The third-order valence-corrected chi connectivity index (χ3v) is 4.55. The predicted octanol–water partition coefficient (Wildman–Crippen LogP) is 1.97. The van der Waals surface area contributed by atoms with Gasteiger partial charge in [0.15, 0.2) is 5.58 Å². The van der Waals surface area contributed by atoms with Gasteiger partial charge in [0.25, 0.3) is 6.01 Å². The van der Waals surface area contributed by atoms with E-state index in [4.69, 9.17) is 4.42 Å². The Hall–Kier alpha value is -2.11. The van der Waals surface area contributed by atoms with Gasteiger partial charge < -0.3 is 14.6 Å². The summed E-state index contributed by atoms with van der Waals surface area (Å²) in [5.74, 6) is 1.07. The molecule has 116 valence electrons. The highest BCUT2D eigenvalue weighted by molar-refractivity contribution is 5.79. The van der Waals surface area contributed by atoms with Crippen LogP contribution in [-0.4, -0.2) is 35.5 Å². The van der Waals surface area contributed by atoms with E-state index < -0.39 is 0 Å². The number of carbonyl (C=O) groups is 1. The Morgan fingerprint density at radius 1 is 1.32 bits per heavy atom. The number of pyridine rings is 1. The maximum Gasteiger partial charge on any atom is 0.299 e. The van der Waals surface area contributed by atoms with Crippen LogP contribution in [0.2, 0.25) is 0 Å². The second-order valence-corrected chi connectivity index (χ2v) is 6.27. The van der Waals surface area contributed by atoms with Crippen LogP contribution in [0.5, 0.6) is 0 Å². The van der Waals surface area contributed by atoms with Crippen molar-refractivity contribution in [1.29, 1.82) is 0 Å². The van der Waals surface area contributed by atoms with Crippen molar-refractivity contribution >= 4 is 23.2 Å². The Kier molecular flexibility index (Phi) is 3.44. The molecule has 2 aromatic heterocycles. The van der Waals surface area contributed by atoms with Gasteiger partial charge >= 0.3 is 0 Å². The molecule has 0 radical (unpaired) electrons. The number of oxazole rings is 1. The molecule has 0 unspecified atom stereocenters. The third kappa shape index (κ3) is 2.77. The van der Waals surface area contributed by atoms with E-state index >= 15 is 0 Å². The standard InChI is InChI=1S/C16H20N4O2/c21-15(18-10-11-3-4-11)12-5-8-20(9-6-12)16-19-14-13(22-16)2-1-7-17-14/h1-2,7,11-12H,3-6,8-10H2,(H,18,21). The fourth-order valence-electron chi connectivity index (χ4n) is 2.94. The van der Waals surface area contributed by atoms with Crippen LogP contribution in [0.25, 0.3) is 11.2 Å². The minimum absolute atomic E-state index is 0.123. The molecule has 6 heteroatoms. The van der Waals surface area contributed by atoms with Gasteiger partial charge in [0.1, 0.15) is 0 Å². The number of amides is 1. The fraction of sp³-hybridized carbons (Fsp3) is 0.562. The molecule has 0 atom stereocenters. The zero-order valence-corrected chi connectivity index (χ0v) is 12.5. The lowest BCUT2D eigenvalue weighted by atomic mass is 9.96. The quantitative estimate of drug-likeness (QED) is 0.934. The van der Waals surface area contributed by atoms with E-state index in [9.17, 15) is 4.79 Å². The Bertz CT molecular complexity index is 639. The Balaban J connectivity index is 1.35. The van der Waals surface area contributed by atoms with Crippen molar-refractivity contribution in [1.82, 2.24) is 15.3 Å². The van der Waals surface area contributed by atoms with Crippen LogP contribution in [0, 0.1) is 11.8 Å². The summed E-state index contributed by atoms with van der Waals surface area (Å²) in [5, 5.41) is 3.08. The Morgan fingerprint density at radius 3 is 2.86 bits per heavy atom. The minimum Gasteiger partial charge on any atom is -0.422 e. The summed E-state index contributed by atoms with van der Waals surface area (Å²) in [6, 6.07) is 4.33. The molecule has 1 N–H and O–H groups in total. The molecule has 1 amide bonds. The summed E-state index contributed by atoms with van der Waals surface area (Å²) in [4.78, 5) is 22.9. The third-order valence-electron chi connectivity index (χ3n) is 4.55. The van der Waals surface area contributed by atoms with Gasteiger partial charge in [0, 0.05) is 31.7 Å². The molecular formula is C16H20N4O2. The topological polar surface area (TPSA) is 71.3 Å².